The third kappa shape index (κ3) is 3.96. The lowest BCUT2D eigenvalue weighted by Gasteiger charge is -2.32. The molecule has 1 aliphatic heterocycles. The highest BCUT2D eigenvalue weighted by molar-refractivity contribution is 6.07. The molecule has 2 heterocycles. The number of piperidine rings is 1. The van der Waals surface area contributed by atoms with Crippen LogP contribution in [0.25, 0.3) is 21.7 Å². The van der Waals surface area contributed by atoms with Gasteiger partial charge in [0.25, 0.3) is 5.91 Å². The highest BCUT2D eigenvalue weighted by Crippen LogP contribution is 2.22. The average Bonchev–Trinajstić information content (AvgIpc) is 3.19. The van der Waals surface area contributed by atoms with Crippen LogP contribution in [-0.2, 0) is 6.54 Å². The summed E-state index contributed by atoms with van der Waals surface area (Å²) >= 11 is 0. The van der Waals surface area contributed by atoms with Gasteiger partial charge in [-0.05, 0) is 59.7 Å². The number of carbonyl (C=O) groups excluding carboxylic acids is 1. The van der Waals surface area contributed by atoms with Gasteiger partial charge in [-0.3, -0.25) is 9.69 Å². The first-order valence-corrected chi connectivity index (χ1v) is 10.8. The smallest absolute Gasteiger partial charge is 0.251 e. The molecule has 1 fully saturated rings. The van der Waals surface area contributed by atoms with Crippen molar-refractivity contribution < 1.29 is 4.79 Å². The number of benzene rings is 3. The van der Waals surface area contributed by atoms with Crippen molar-refractivity contribution in [2.24, 2.45) is 5.92 Å². The van der Waals surface area contributed by atoms with Gasteiger partial charge in [0, 0.05) is 36.4 Å². The standard InChI is InChI=1S/C26H27N3O/c30-26(24-12-5-10-20-8-1-3-11-23(20)24)27-16-19-7-6-14-29(17-19)18-22-15-21-9-2-4-13-25(21)28-22/h1-5,8-13,15,19,28H,6-7,14,16-18H2,(H,27,30). The number of H-pyrrole nitrogens is 1. The van der Waals surface area contributed by atoms with Crippen LogP contribution in [0.15, 0.2) is 72.8 Å². The molecule has 1 atom stereocenters. The Kier molecular flexibility index (Phi) is 5.24. The highest BCUT2D eigenvalue weighted by atomic mass is 16.1. The first-order chi connectivity index (χ1) is 14.8. The molecule has 4 nitrogen and oxygen atoms in total. The number of hydrogen-bond donors (Lipinski definition) is 2. The molecule has 30 heavy (non-hydrogen) atoms. The topological polar surface area (TPSA) is 48.1 Å². The maximum Gasteiger partial charge on any atom is 0.251 e. The van der Waals surface area contributed by atoms with Crippen molar-refractivity contribution in [1.29, 1.82) is 0 Å². The predicted molar refractivity (Wildman–Crippen MR) is 123 cm³/mol. The molecule has 152 valence electrons. The summed E-state index contributed by atoms with van der Waals surface area (Å²) in [4.78, 5) is 18.9. The van der Waals surface area contributed by atoms with E-state index in [2.05, 4.69) is 57.7 Å². The van der Waals surface area contributed by atoms with Crippen LogP contribution < -0.4 is 5.32 Å². The Morgan fingerprint density at radius 3 is 2.70 bits per heavy atom. The maximum absolute atomic E-state index is 12.8. The number of aromatic nitrogens is 1. The lowest BCUT2D eigenvalue weighted by atomic mass is 9.97. The molecule has 1 aromatic heterocycles. The van der Waals surface area contributed by atoms with Crippen LogP contribution in [0.1, 0.15) is 28.9 Å². The summed E-state index contributed by atoms with van der Waals surface area (Å²) in [5, 5.41) is 6.58. The molecule has 0 radical (unpaired) electrons. The number of amides is 1. The summed E-state index contributed by atoms with van der Waals surface area (Å²) < 4.78 is 0. The molecule has 0 aliphatic carbocycles. The van der Waals surface area contributed by atoms with Gasteiger partial charge < -0.3 is 10.3 Å². The van der Waals surface area contributed by atoms with Crippen molar-refractivity contribution in [3.8, 4) is 0 Å². The van der Waals surface area contributed by atoms with E-state index in [9.17, 15) is 4.79 Å². The first-order valence-electron chi connectivity index (χ1n) is 10.8. The molecule has 5 rings (SSSR count). The summed E-state index contributed by atoms with van der Waals surface area (Å²) in [7, 11) is 0. The van der Waals surface area contributed by atoms with Crippen molar-refractivity contribution in [3.63, 3.8) is 0 Å². The van der Waals surface area contributed by atoms with Crippen LogP contribution in [0.2, 0.25) is 0 Å². The van der Waals surface area contributed by atoms with Crippen LogP contribution in [0.3, 0.4) is 0 Å². The largest absolute Gasteiger partial charge is 0.357 e. The SMILES string of the molecule is O=C(NCC1CCCN(Cc2cc3ccccc3[nH]2)C1)c1cccc2ccccc12. The fraction of sp³-hybridized carbons (Fsp3) is 0.269. The number of fused-ring (bicyclic) bond motifs is 2. The van der Waals surface area contributed by atoms with Crippen molar-refractivity contribution in [2.75, 3.05) is 19.6 Å². The van der Waals surface area contributed by atoms with Crippen LogP contribution in [0, 0.1) is 5.92 Å². The van der Waals surface area contributed by atoms with Gasteiger partial charge in [-0.1, -0.05) is 54.6 Å². The van der Waals surface area contributed by atoms with E-state index in [1.54, 1.807) is 0 Å². The van der Waals surface area contributed by atoms with Crippen molar-refractivity contribution in [1.82, 2.24) is 15.2 Å². The Hall–Kier alpha value is -3.11. The molecular weight excluding hydrogens is 370 g/mol. The Labute approximate surface area is 176 Å². The predicted octanol–water partition coefficient (Wildman–Crippen LogP) is 4.96. The zero-order chi connectivity index (χ0) is 20.3. The lowest BCUT2D eigenvalue weighted by Crippen LogP contribution is -2.40. The highest BCUT2D eigenvalue weighted by Gasteiger charge is 2.21. The number of nitrogens with one attached hydrogen (secondary N) is 2. The van der Waals surface area contributed by atoms with E-state index < -0.39 is 0 Å². The minimum atomic E-state index is 0.0274. The Morgan fingerprint density at radius 2 is 1.80 bits per heavy atom. The van der Waals surface area contributed by atoms with Crippen LogP contribution in [-0.4, -0.2) is 35.4 Å². The molecule has 0 bridgehead atoms. The van der Waals surface area contributed by atoms with Gasteiger partial charge in [-0.2, -0.15) is 0 Å². The summed E-state index contributed by atoms with van der Waals surface area (Å²) in [5.41, 5.74) is 3.22. The Balaban J connectivity index is 1.20. The fourth-order valence-corrected chi connectivity index (χ4v) is 4.68. The first kappa shape index (κ1) is 18.9. The van der Waals surface area contributed by atoms with Gasteiger partial charge in [0.15, 0.2) is 0 Å². The number of rotatable bonds is 5. The number of carbonyl (C=O) groups is 1. The van der Waals surface area contributed by atoms with E-state index in [1.807, 2.05) is 30.3 Å². The van der Waals surface area contributed by atoms with Crippen LogP contribution >= 0.6 is 0 Å². The van der Waals surface area contributed by atoms with Gasteiger partial charge in [0.1, 0.15) is 0 Å². The van der Waals surface area contributed by atoms with Crippen molar-refractivity contribution >= 4 is 27.6 Å². The fourth-order valence-electron chi connectivity index (χ4n) is 4.68. The number of aromatic amines is 1. The lowest BCUT2D eigenvalue weighted by molar-refractivity contribution is 0.0932. The monoisotopic (exact) mass is 397 g/mol. The molecule has 1 unspecified atom stereocenters. The average molecular weight is 398 g/mol. The summed E-state index contributed by atoms with van der Waals surface area (Å²) in [6, 6.07) is 24.7. The number of hydrogen-bond acceptors (Lipinski definition) is 2. The zero-order valence-corrected chi connectivity index (χ0v) is 17.1. The van der Waals surface area contributed by atoms with E-state index in [-0.39, 0.29) is 5.91 Å². The molecule has 1 amide bonds. The van der Waals surface area contributed by atoms with E-state index in [0.29, 0.717) is 5.92 Å². The maximum atomic E-state index is 12.8. The van der Waals surface area contributed by atoms with Gasteiger partial charge >= 0.3 is 0 Å². The Morgan fingerprint density at radius 1 is 1.00 bits per heavy atom. The molecule has 0 spiro atoms. The van der Waals surface area contributed by atoms with Crippen molar-refractivity contribution in [2.45, 2.75) is 19.4 Å². The van der Waals surface area contributed by atoms with E-state index in [1.165, 1.54) is 29.4 Å². The second-order valence-electron chi connectivity index (χ2n) is 8.36. The van der Waals surface area contributed by atoms with Gasteiger partial charge in [-0.15, -0.1) is 0 Å². The normalized spacial score (nSPS) is 17.4. The second-order valence-corrected chi connectivity index (χ2v) is 8.36. The minimum Gasteiger partial charge on any atom is -0.357 e. The van der Waals surface area contributed by atoms with Gasteiger partial charge in [0.05, 0.1) is 0 Å². The number of likely N-dealkylation sites (tertiary alicyclic amines) is 1. The molecular formula is C26H27N3O. The van der Waals surface area contributed by atoms with E-state index >= 15 is 0 Å². The van der Waals surface area contributed by atoms with Crippen LogP contribution in [0.5, 0.6) is 0 Å². The molecule has 3 aromatic carbocycles. The van der Waals surface area contributed by atoms with E-state index in [4.69, 9.17) is 0 Å². The molecule has 4 heteroatoms. The van der Waals surface area contributed by atoms with E-state index in [0.717, 1.165) is 42.5 Å². The third-order valence-corrected chi connectivity index (χ3v) is 6.17. The third-order valence-electron chi connectivity index (χ3n) is 6.17. The molecule has 1 saturated heterocycles. The number of nitrogens with zero attached hydrogens (tertiary/aromatic N) is 1. The van der Waals surface area contributed by atoms with Crippen molar-refractivity contribution in [3.05, 3.63) is 84.1 Å². The summed E-state index contributed by atoms with van der Waals surface area (Å²) in [6.07, 6.45) is 2.34. The second kappa shape index (κ2) is 8.33. The molecule has 0 saturated carbocycles. The number of para-hydroxylation sites is 1. The molecule has 1 aliphatic rings. The minimum absolute atomic E-state index is 0.0274. The zero-order valence-electron chi connectivity index (χ0n) is 17.1. The summed E-state index contributed by atoms with van der Waals surface area (Å²) in [6.45, 7) is 3.79. The molecule has 2 N–H and O–H groups in total. The summed E-state index contributed by atoms with van der Waals surface area (Å²) in [5.74, 6) is 0.515. The van der Waals surface area contributed by atoms with Gasteiger partial charge in [-0.25, -0.2) is 0 Å². The quantitative estimate of drug-likeness (QED) is 0.500. The molecule has 4 aromatic rings. The Bertz CT molecular complexity index is 1140. The van der Waals surface area contributed by atoms with Crippen LogP contribution in [0.4, 0.5) is 0 Å². The van der Waals surface area contributed by atoms with Gasteiger partial charge in [0.2, 0.25) is 0 Å².